The molecule has 2 aromatic heterocycles. The fraction of sp³-hybridized carbons (Fsp3) is 0.700. The monoisotopic (exact) mass is 498 g/mol. The lowest BCUT2D eigenvalue weighted by Crippen LogP contribution is -2.49. The van der Waals surface area contributed by atoms with Crippen molar-refractivity contribution in [2.24, 2.45) is 5.92 Å². The Kier molecular flexibility index (Phi) is 6.85. The molecule has 2 saturated heterocycles. The Labute approximate surface area is 197 Å². The van der Waals surface area contributed by atoms with Gasteiger partial charge in [0.15, 0.2) is 11.2 Å². The van der Waals surface area contributed by atoms with Gasteiger partial charge in [-0.15, -0.1) is 0 Å². The first-order chi connectivity index (χ1) is 16.1. The Bertz CT molecular complexity index is 1110. The smallest absolute Gasteiger partial charge is 0.344 e. The molecule has 2 fully saturated rings. The van der Waals surface area contributed by atoms with Crippen molar-refractivity contribution >= 4 is 30.7 Å². The molecule has 14 heteroatoms. The molecule has 0 unspecified atom stereocenters. The number of carbonyl (C=O) groups is 1. The summed E-state index contributed by atoms with van der Waals surface area (Å²) in [6.07, 6.45) is -0.00967. The van der Waals surface area contributed by atoms with Gasteiger partial charge in [-0.3, -0.25) is 19.2 Å². The van der Waals surface area contributed by atoms with Gasteiger partial charge in [-0.1, -0.05) is 6.92 Å². The first-order valence-electron chi connectivity index (χ1n) is 11.2. The van der Waals surface area contributed by atoms with Crippen molar-refractivity contribution in [2.45, 2.75) is 58.6 Å². The topological polar surface area (TPSA) is 162 Å². The van der Waals surface area contributed by atoms with E-state index in [4.69, 9.17) is 29.0 Å². The highest BCUT2D eigenvalue weighted by molar-refractivity contribution is 7.53. The van der Waals surface area contributed by atoms with Gasteiger partial charge in [0.1, 0.15) is 24.0 Å². The summed E-state index contributed by atoms with van der Waals surface area (Å²) in [4.78, 5) is 25.0. The molecule has 0 bridgehead atoms. The predicted octanol–water partition coefficient (Wildman–Crippen LogP) is 1.84. The number of hydrogen-bond acceptors (Lipinski definition) is 12. The van der Waals surface area contributed by atoms with Gasteiger partial charge < -0.3 is 29.0 Å². The molecule has 0 amide bonds. The van der Waals surface area contributed by atoms with Gasteiger partial charge in [0, 0.05) is 5.92 Å². The summed E-state index contributed by atoms with van der Waals surface area (Å²) in [5.41, 5.74) is 5.75. The van der Waals surface area contributed by atoms with Crippen molar-refractivity contribution in [3.05, 3.63) is 6.33 Å². The molecule has 2 aliphatic rings. The third-order valence-electron chi connectivity index (χ3n) is 5.83. The van der Waals surface area contributed by atoms with Crippen molar-refractivity contribution in [1.82, 2.24) is 24.8 Å². The molecule has 188 valence electrons. The maximum atomic E-state index is 13.3. The zero-order chi connectivity index (χ0) is 24.7. The van der Waals surface area contributed by atoms with Crippen LogP contribution in [0.2, 0.25) is 0 Å². The highest BCUT2D eigenvalue weighted by Gasteiger charge is 2.51. The highest BCUT2D eigenvalue weighted by atomic mass is 31.2. The third-order valence-corrected chi connectivity index (χ3v) is 7.48. The summed E-state index contributed by atoms with van der Waals surface area (Å²) in [5, 5.41) is 2.95. The Morgan fingerprint density at radius 2 is 2.12 bits per heavy atom. The molecule has 3 N–H and O–H groups in total. The summed E-state index contributed by atoms with van der Waals surface area (Å²) in [5.74, 6) is -0.315. The van der Waals surface area contributed by atoms with Crippen LogP contribution in [-0.2, 0) is 27.9 Å². The van der Waals surface area contributed by atoms with Gasteiger partial charge in [0.25, 0.3) is 0 Å². The molecule has 0 spiro atoms. The number of anilines is 1. The number of esters is 1. The molecule has 0 radical (unpaired) electrons. The fourth-order valence-electron chi connectivity index (χ4n) is 3.99. The number of hydrogen-bond donors (Lipinski definition) is 2. The maximum Gasteiger partial charge on any atom is 0.344 e. The largest absolute Gasteiger partial charge is 0.476 e. The van der Waals surface area contributed by atoms with E-state index in [1.54, 1.807) is 31.7 Å². The van der Waals surface area contributed by atoms with Crippen LogP contribution in [0.4, 0.5) is 5.95 Å². The van der Waals surface area contributed by atoms with Crippen LogP contribution in [0.3, 0.4) is 0 Å². The van der Waals surface area contributed by atoms with Gasteiger partial charge in [0.2, 0.25) is 11.8 Å². The minimum atomic E-state index is -3.54. The van der Waals surface area contributed by atoms with E-state index in [0.29, 0.717) is 23.7 Å². The number of fused-ring (bicyclic) bond motifs is 2. The highest BCUT2D eigenvalue weighted by Crippen LogP contribution is 2.56. The van der Waals surface area contributed by atoms with Crippen LogP contribution in [-0.4, -0.2) is 69.3 Å². The second-order valence-electron chi connectivity index (χ2n) is 8.73. The van der Waals surface area contributed by atoms with E-state index in [0.717, 1.165) is 0 Å². The van der Waals surface area contributed by atoms with Crippen LogP contribution >= 0.6 is 7.60 Å². The number of carbonyl (C=O) groups excluding carboxylic acids is 1. The Morgan fingerprint density at radius 3 is 2.82 bits per heavy atom. The second kappa shape index (κ2) is 9.38. The molecule has 5 atom stereocenters. The molecule has 2 aromatic rings. The normalized spacial score (nSPS) is 29.2. The van der Waals surface area contributed by atoms with Gasteiger partial charge >= 0.3 is 13.6 Å². The Morgan fingerprint density at radius 1 is 1.35 bits per heavy atom. The average Bonchev–Trinajstić information content (AvgIpc) is 3.34. The van der Waals surface area contributed by atoms with Crippen molar-refractivity contribution in [1.29, 1.82) is 0 Å². The van der Waals surface area contributed by atoms with E-state index >= 15 is 0 Å². The molecule has 0 saturated carbocycles. The van der Waals surface area contributed by atoms with Crippen molar-refractivity contribution in [3.63, 3.8) is 0 Å². The summed E-state index contributed by atoms with van der Waals surface area (Å²) in [6.45, 7) is 9.53. The zero-order valence-corrected chi connectivity index (χ0v) is 20.8. The zero-order valence-electron chi connectivity index (χ0n) is 19.9. The van der Waals surface area contributed by atoms with Gasteiger partial charge in [-0.25, -0.2) is 4.98 Å². The quantitative estimate of drug-likeness (QED) is 0.402. The molecule has 4 rings (SSSR count). The minimum absolute atomic E-state index is 0.0557. The first kappa shape index (κ1) is 24.8. The minimum Gasteiger partial charge on any atom is -0.476 e. The standard InChI is InChI=1S/C20H31N6O7P/c1-6-29-16-13-15(24-19(21)25-16)26(9-22-13)17-11(3)14-12(32-17)8-31-34(28,33-14)10-23-20(4,5)18(27)30-7-2/h9,11-12,14,17,23H,6-8,10H2,1-5H3,(H2,21,24,25)/t11-,12+,14-,17+,34-/m0/s1. The SMILES string of the molecule is CCOC(=O)C(C)(C)NC[P@]1(=O)OC[C@H]2O[C@@H](n3cnc4c(OCC)nc(N)nc43)[C@@H](C)[C@@H]2O1. The lowest BCUT2D eigenvalue weighted by molar-refractivity contribution is -0.149. The van der Waals surface area contributed by atoms with E-state index in [2.05, 4.69) is 20.3 Å². The predicted molar refractivity (Wildman–Crippen MR) is 121 cm³/mol. The van der Waals surface area contributed by atoms with Crippen LogP contribution < -0.4 is 15.8 Å². The summed E-state index contributed by atoms with van der Waals surface area (Å²) in [7, 11) is -3.54. The van der Waals surface area contributed by atoms with E-state index in [9.17, 15) is 9.36 Å². The number of ether oxygens (including phenoxy) is 3. The molecule has 13 nitrogen and oxygen atoms in total. The number of nitrogen functional groups attached to an aromatic ring is 1. The van der Waals surface area contributed by atoms with E-state index in [1.807, 2.05) is 13.8 Å². The molecular formula is C20H31N6O7P. The van der Waals surface area contributed by atoms with Crippen molar-refractivity contribution < 1.29 is 32.6 Å². The Hall–Kier alpha value is -2.31. The van der Waals surface area contributed by atoms with Crippen LogP contribution in [0.25, 0.3) is 11.2 Å². The molecule has 34 heavy (non-hydrogen) atoms. The molecule has 2 aliphatic heterocycles. The van der Waals surface area contributed by atoms with Crippen molar-refractivity contribution in [2.75, 3.05) is 31.8 Å². The number of imidazole rings is 1. The van der Waals surface area contributed by atoms with Crippen LogP contribution in [0.5, 0.6) is 5.88 Å². The average molecular weight is 498 g/mol. The van der Waals surface area contributed by atoms with Crippen LogP contribution in [0.1, 0.15) is 40.8 Å². The third kappa shape index (κ3) is 4.63. The number of nitrogens with one attached hydrogen (secondary N) is 1. The Balaban J connectivity index is 1.51. The number of rotatable bonds is 8. The number of aromatic nitrogens is 4. The number of nitrogens with two attached hydrogens (primary N) is 1. The summed E-state index contributed by atoms with van der Waals surface area (Å²) < 4.78 is 43.4. The van der Waals surface area contributed by atoms with E-state index in [-0.39, 0.29) is 31.4 Å². The van der Waals surface area contributed by atoms with Gasteiger partial charge in [-0.05, 0) is 27.7 Å². The second-order valence-corrected chi connectivity index (χ2v) is 10.7. The maximum absolute atomic E-state index is 13.3. The first-order valence-corrected chi connectivity index (χ1v) is 12.9. The van der Waals surface area contributed by atoms with E-state index < -0.39 is 37.5 Å². The fourth-order valence-corrected chi connectivity index (χ4v) is 5.88. The van der Waals surface area contributed by atoms with Gasteiger partial charge in [-0.2, -0.15) is 9.97 Å². The summed E-state index contributed by atoms with van der Waals surface area (Å²) in [6, 6.07) is 0. The molecular weight excluding hydrogens is 467 g/mol. The lowest BCUT2D eigenvalue weighted by atomic mass is 10.0. The van der Waals surface area contributed by atoms with Gasteiger partial charge in [0.05, 0.1) is 32.4 Å². The summed E-state index contributed by atoms with van der Waals surface area (Å²) >= 11 is 0. The van der Waals surface area contributed by atoms with Crippen molar-refractivity contribution in [3.8, 4) is 5.88 Å². The lowest BCUT2D eigenvalue weighted by Gasteiger charge is -2.34. The molecule has 0 aliphatic carbocycles. The molecule has 0 aromatic carbocycles. The van der Waals surface area contributed by atoms with Crippen LogP contribution in [0.15, 0.2) is 6.33 Å². The number of nitrogens with zero attached hydrogens (tertiary/aromatic N) is 4. The molecule has 4 heterocycles. The van der Waals surface area contributed by atoms with Crippen LogP contribution in [0, 0.1) is 5.92 Å². The van der Waals surface area contributed by atoms with E-state index in [1.165, 1.54) is 0 Å².